The molecule has 0 bridgehead atoms. The molecule has 0 atom stereocenters. The van der Waals surface area contributed by atoms with E-state index in [2.05, 4.69) is 36.7 Å². The van der Waals surface area contributed by atoms with Crippen LogP contribution in [0.4, 0.5) is 22.0 Å². The van der Waals surface area contributed by atoms with Gasteiger partial charge in [0, 0.05) is 67.8 Å². The molecule has 3 aromatic rings. The monoisotopic (exact) mass is 464 g/mol. The van der Waals surface area contributed by atoms with Gasteiger partial charge in [0.05, 0.1) is 11.4 Å². The van der Waals surface area contributed by atoms with Crippen molar-refractivity contribution in [2.45, 2.75) is 31.7 Å². The molecule has 34 heavy (non-hydrogen) atoms. The van der Waals surface area contributed by atoms with Crippen LogP contribution in [0.15, 0.2) is 24.5 Å². The predicted molar refractivity (Wildman–Crippen MR) is 128 cm³/mol. The molecule has 11 heteroatoms. The van der Waals surface area contributed by atoms with Gasteiger partial charge in [-0.15, -0.1) is 0 Å². The zero-order chi connectivity index (χ0) is 23.9. The molecule has 1 saturated heterocycles. The molecule has 0 radical (unpaired) electrons. The summed E-state index contributed by atoms with van der Waals surface area (Å²) in [5.74, 6) is 0.770. The zero-order valence-electron chi connectivity index (χ0n) is 19.3. The van der Waals surface area contributed by atoms with Crippen LogP contribution in [-0.2, 0) is 18.3 Å². The standard InChI is InChI=1S/C22H26N8O.CH2O2/c1-14-17(11-15-12-28(2)27-19(15)25-14)26-21(31)30-9-4-16-18(3-7-23-20(16)30)29-10-8-24-22(13-29)5-6-22;2-1-3/h3,7,11-12,24H,4-6,8-10,13H2,1-2H3,(H,26,31);1H,(H,2,3). The number of carbonyl (C=O) groups excluding carboxylic acids is 1. The van der Waals surface area contributed by atoms with Crippen molar-refractivity contribution in [2.75, 3.05) is 41.3 Å². The molecule has 2 aliphatic heterocycles. The highest BCUT2D eigenvalue weighted by molar-refractivity contribution is 6.04. The van der Waals surface area contributed by atoms with Gasteiger partial charge in [0.25, 0.3) is 6.47 Å². The van der Waals surface area contributed by atoms with Gasteiger partial charge in [-0.25, -0.2) is 14.8 Å². The summed E-state index contributed by atoms with van der Waals surface area (Å²) in [6.07, 6.45) is 7.05. The number of pyridine rings is 2. The first kappa shape index (κ1) is 22.1. The number of nitrogens with zero attached hydrogens (tertiary/aromatic N) is 6. The first-order valence-corrected chi connectivity index (χ1v) is 11.4. The Bertz CT molecular complexity index is 1250. The summed E-state index contributed by atoms with van der Waals surface area (Å²) in [5.41, 5.74) is 4.83. The van der Waals surface area contributed by atoms with Gasteiger partial charge in [-0.1, -0.05) is 0 Å². The van der Waals surface area contributed by atoms with Gasteiger partial charge in [-0.3, -0.25) is 14.4 Å². The van der Waals surface area contributed by atoms with Gasteiger partial charge < -0.3 is 20.6 Å². The first-order chi connectivity index (χ1) is 16.4. The Kier molecular flexibility index (Phi) is 5.56. The van der Waals surface area contributed by atoms with Crippen LogP contribution in [0.25, 0.3) is 11.0 Å². The number of carboxylic acid groups (broad SMARTS) is 1. The number of aryl methyl sites for hydroxylation is 2. The smallest absolute Gasteiger partial charge is 0.327 e. The molecule has 2 fully saturated rings. The van der Waals surface area contributed by atoms with E-state index in [0.717, 1.165) is 43.0 Å². The Labute approximate surface area is 196 Å². The summed E-state index contributed by atoms with van der Waals surface area (Å²) in [6, 6.07) is 3.86. The summed E-state index contributed by atoms with van der Waals surface area (Å²) in [4.78, 5) is 34.9. The maximum atomic E-state index is 13.2. The minimum absolute atomic E-state index is 0.171. The fourth-order valence-electron chi connectivity index (χ4n) is 4.89. The summed E-state index contributed by atoms with van der Waals surface area (Å²) in [5, 5.41) is 18.8. The predicted octanol–water partition coefficient (Wildman–Crippen LogP) is 1.91. The van der Waals surface area contributed by atoms with E-state index in [1.807, 2.05) is 32.4 Å². The highest BCUT2D eigenvalue weighted by Gasteiger charge is 2.46. The van der Waals surface area contributed by atoms with Crippen molar-refractivity contribution in [3.63, 3.8) is 0 Å². The Balaban J connectivity index is 0.000000764. The third kappa shape index (κ3) is 4.03. The van der Waals surface area contributed by atoms with E-state index in [-0.39, 0.29) is 12.5 Å². The fraction of sp³-hybridized carbons (Fsp3) is 0.435. The van der Waals surface area contributed by atoms with E-state index in [1.165, 1.54) is 24.1 Å². The van der Waals surface area contributed by atoms with Crippen LogP contribution in [-0.4, -0.2) is 69.1 Å². The molecule has 1 spiro atoms. The van der Waals surface area contributed by atoms with Gasteiger partial charge in [-0.2, -0.15) is 5.10 Å². The van der Waals surface area contributed by atoms with Crippen molar-refractivity contribution in [3.05, 3.63) is 35.8 Å². The van der Waals surface area contributed by atoms with Gasteiger partial charge in [0.2, 0.25) is 0 Å². The lowest BCUT2D eigenvalue weighted by Crippen LogP contribution is -2.52. The number of fused-ring (bicyclic) bond motifs is 2. The summed E-state index contributed by atoms with van der Waals surface area (Å²) >= 11 is 0. The zero-order valence-corrected chi connectivity index (χ0v) is 19.3. The minimum atomic E-state index is -0.250. The van der Waals surface area contributed by atoms with Crippen molar-refractivity contribution in [1.82, 2.24) is 25.1 Å². The Morgan fingerprint density at radius 1 is 1.32 bits per heavy atom. The van der Waals surface area contributed by atoms with E-state index in [1.54, 1.807) is 9.58 Å². The van der Waals surface area contributed by atoms with Crippen LogP contribution in [0.1, 0.15) is 24.1 Å². The van der Waals surface area contributed by atoms with Crippen molar-refractivity contribution in [1.29, 1.82) is 0 Å². The number of nitrogens with one attached hydrogen (secondary N) is 2. The summed E-state index contributed by atoms with van der Waals surface area (Å²) in [7, 11) is 1.86. The molecule has 0 unspecified atom stereocenters. The molecule has 3 N–H and O–H groups in total. The maximum Gasteiger partial charge on any atom is 0.327 e. The van der Waals surface area contributed by atoms with Crippen LogP contribution in [0.3, 0.4) is 0 Å². The number of hydrogen-bond acceptors (Lipinski definition) is 7. The average molecular weight is 465 g/mol. The van der Waals surface area contributed by atoms with Gasteiger partial charge in [-0.05, 0) is 38.3 Å². The number of amides is 2. The van der Waals surface area contributed by atoms with Crippen LogP contribution in [0, 0.1) is 6.92 Å². The normalized spacial score (nSPS) is 17.8. The van der Waals surface area contributed by atoms with Crippen LogP contribution in [0.2, 0.25) is 0 Å². The van der Waals surface area contributed by atoms with E-state index in [9.17, 15) is 4.79 Å². The molecule has 1 saturated carbocycles. The molecule has 11 nitrogen and oxygen atoms in total. The molecule has 0 aromatic carbocycles. The van der Waals surface area contributed by atoms with E-state index >= 15 is 0 Å². The average Bonchev–Trinajstić information content (AvgIpc) is 3.24. The van der Waals surface area contributed by atoms with Crippen molar-refractivity contribution >= 4 is 40.7 Å². The number of piperazine rings is 1. The van der Waals surface area contributed by atoms with Gasteiger partial charge in [0.1, 0.15) is 5.82 Å². The highest BCUT2D eigenvalue weighted by Crippen LogP contribution is 2.41. The summed E-state index contributed by atoms with van der Waals surface area (Å²) in [6.45, 7) is 5.29. The lowest BCUT2D eigenvalue weighted by Gasteiger charge is -2.36. The number of aromatic nitrogens is 4. The molecular weight excluding hydrogens is 436 g/mol. The third-order valence-electron chi connectivity index (χ3n) is 6.71. The van der Waals surface area contributed by atoms with Crippen LogP contribution < -0.4 is 20.4 Å². The van der Waals surface area contributed by atoms with E-state index in [0.29, 0.717) is 23.4 Å². The number of carbonyl (C=O) groups is 2. The second kappa shape index (κ2) is 8.56. The Hall–Kier alpha value is -3.73. The lowest BCUT2D eigenvalue weighted by molar-refractivity contribution is -0.122. The highest BCUT2D eigenvalue weighted by atomic mass is 16.3. The SMILES string of the molecule is Cc1nc2nn(C)cc2cc1NC(=O)N1CCc2c(N3CCNC4(CC4)C3)ccnc21.O=CO. The number of hydrogen-bond donors (Lipinski definition) is 3. The van der Waals surface area contributed by atoms with Crippen molar-refractivity contribution in [2.24, 2.45) is 7.05 Å². The largest absolute Gasteiger partial charge is 0.483 e. The molecular formula is C23H28N8O3. The van der Waals surface area contributed by atoms with Crippen LogP contribution in [0.5, 0.6) is 0 Å². The quantitative estimate of drug-likeness (QED) is 0.491. The number of urea groups is 1. The molecule has 3 aromatic heterocycles. The topological polar surface area (TPSA) is 129 Å². The molecule has 3 aliphatic rings. The van der Waals surface area contributed by atoms with Crippen molar-refractivity contribution in [3.8, 4) is 0 Å². The lowest BCUT2D eigenvalue weighted by atomic mass is 10.1. The number of rotatable bonds is 2. The first-order valence-electron chi connectivity index (χ1n) is 11.4. The second-order valence-corrected chi connectivity index (χ2v) is 9.04. The molecule has 1 aliphatic carbocycles. The van der Waals surface area contributed by atoms with Gasteiger partial charge >= 0.3 is 6.03 Å². The third-order valence-corrected chi connectivity index (χ3v) is 6.71. The van der Waals surface area contributed by atoms with Crippen molar-refractivity contribution < 1.29 is 14.7 Å². The maximum absolute atomic E-state index is 13.2. The molecule has 178 valence electrons. The van der Waals surface area contributed by atoms with E-state index < -0.39 is 0 Å². The Morgan fingerprint density at radius 2 is 2.12 bits per heavy atom. The van der Waals surface area contributed by atoms with E-state index in [4.69, 9.17) is 9.90 Å². The molecule has 5 heterocycles. The molecule has 2 amide bonds. The molecule has 6 rings (SSSR count). The number of anilines is 3. The summed E-state index contributed by atoms with van der Waals surface area (Å²) < 4.78 is 1.73. The Morgan fingerprint density at radius 3 is 2.88 bits per heavy atom. The van der Waals surface area contributed by atoms with Gasteiger partial charge in [0.15, 0.2) is 5.65 Å². The van der Waals surface area contributed by atoms with Crippen LogP contribution >= 0.6 is 0 Å². The fourth-order valence-corrected chi connectivity index (χ4v) is 4.89. The minimum Gasteiger partial charge on any atom is -0.483 e. The second-order valence-electron chi connectivity index (χ2n) is 9.04.